The number of nitrogens with one attached hydrogen (secondary N) is 1. The van der Waals surface area contributed by atoms with Crippen LogP contribution < -0.4 is 15.0 Å². The van der Waals surface area contributed by atoms with Gasteiger partial charge >= 0.3 is 0 Å². The third kappa shape index (κ3) is 6.05. The van der Waals surface area contributed by atoms with Crippen molar-refractivity contribution < 1.29 is 9.47 Å². The standard InChI is InChI=1S/C31H34N6O3/c1-21-10-12-25-17-26(31(38)32-30(25)22(21)2)19-36(15-14-23-11-13-27(39-3)28(16-23)40-4)20-29-33-34-35-37(29)18-24-8-6-5-7-9-24/h5-13,16-17H,14-15,18-20H2,1-4H3,(H,32,38). The van der Waals surface area contributed by atoms with Gasteiger partial charge in [0.15, 0.2) is 17.3 Å². The fraction of sp³-hybridized carbons (Fsp3) is 0.290. The third-order valence-corrected chi connectivity index (χ3v) is 7.33. The number of tetrazole rings is 1. The molecule has 0 radical (unpaired) electrons. The van der Waals surface area contributed by atoms with Crippen LogP contribution in [0.3, 0.4) is 0 Å². The van der Waals surface area contributed by atoms with E-state index in [-0.39, 0.29) is 5.56 Å². The number of aromatic amines is 1. The molecule has 40 heavy (non-hydrogen) atoms. The Balaban J connectivity index is 1.43. The molecule has 0 aliphatic rings. The summed E-state index contributed by atoms with van der Waals surface area (Å²) in [5, 5.41) is 13.5. The van der Waals surface area contributed by atoms with Crippen LogP contribution in [-0.4, -0.2) is 50.9 Å². The Bertz CT molecular complexity index is 1660. The van der Waals surface area contributed by atoms with Crippen LogP contribution in [-0.2, 0) is 26.1 Å². The molecule has 0 atom stereocenters. The molecule has 5 aromatic rings. The van der Waals surface area contributed by atoms with E-state index in [1.54, 1.807) is 14.2 Å². The number of hydrogen-bond donors (Lipinski definition) is 1. The average molecular weight is 539 g/mol. The molecular weight excluding hydrogens is 504 g/mol. The highest BCUT2D eigenvalue weighted by Crippen LogP contribution is 2.28. The van der Waals surface area contributed by atoms with Gasteiger partial charge in [-0.3, -0.25) is 9.69 Å². The van der Waals surface area contributed by atoms with Crippen molar-refractivity contribution in [2.45, 2.75) is 39.9 Å². The normalized spacial score (nSPS) is 11.3. The second-order valence-electron chi connectivity index (χ2n) is 9.98. The van der Waals surface area contributed by atoms with E-state index >= 15 is 0 Å². The van der Waals surface area contributed by atoms with Crippen LogP contribution in [0.25, 0.3) is 10.9 Å². The quantitative estimate of drug-likeness (QED) is 0.265. The number of fused-ring (bicyclic) bond motifs is 1. The molecule has 1 N–H and O–H groups in total. The van der Waals surface area contributed by atoms with Gasteiger partial charge in [0, 0.05) is 18.7 Å². The van der Waals surface area contributed by atoms with Gasteiger partial charge in [-0.1, -0.05) is 48.5 Å². The van der Waals surface area contributed by atoms with E-state index in [4.69, 9.17) is 9.47 Å². The van der Waals surface area contributed by atoms with E-state index in [0.29, 0.717) is 43.2 Å². The zero-order valence-electron chi connectivity index (χ0n) is 23.3. The molecule has 0 saturated carbocycles. The van der Waals surface area contributed by atoms with Crippen molar-refractivity contribution in [3.8, 4) is 11.5 Å². The van der Waals surface area contributed by atoms with Gasteiger partial charge in [0.25, 0.3) is 5.56 Å². The first-order chi connectivity index (χ1) is 19.4. The predicted octanol–water partition coefficient (Wildman–Crippen LogP) is 4.44. The number of nitrogens with zero attached hydrogens (tertiary/aromatic N) is 5. The van der Waals surface area contributed by atoms with Gasteiger partial charge in [-0.15, -0.1) is 5.10 Å². The first kappa shape index (κ1) is 27.1. The molecule has 0 saturated heterocycles. The summed E-state index contributed by atoms with van der Waals surface area (Å²) in [4.78, 5) is 18.5. The van der Waals surface area contributed by atoms with E-state index in [9.17, 15) is 4.79 Å². The molecule has 3 aromatic carbocycles. The molecule has 9 nitrogen and oxygen atoms in total. The molecule has 2 heterocycles. The molecule has 206 valence electrons. The monoisotopic (exact) mass is 538 g/mol. The Morgan fingerprint density at radius 2 is 1.70 bits per heavy atom. The topological polar surface area (TPSA) is 98.2 Å². The summed E-state index contributed by atoms with van der Waals surface area (Å²) in [5.74, 6) is 2.12. The van der Waals surface area contributed by atoms with Crippen molar-refractivity contribution in [1.82, 2.24) is 30.1 Å². The number of benzene rings is 3. The number of H-pyrrole nitrogens is 1. The van der Waals surface area contributed by atoms with Crippen LogP contribution >= 0.6 is 0 Å². The van der Waals surface area contributed by atoms with E-state index < -0.39 is 0 Å². The minimum absolute atomic E-state index is 0.0822. The van der Waals surface area contributed by atoms with Crippen molar-refractivity contribution in [3.05, 3.63) is 111 Å². The maximum absolute atomic E-state index is 13.2. The van der Waals surface area contributed by atoms with Crippen LogP contribution in [0, 0.1) is 13.8 Å². The van der Waals surface area contributed by atoms with Crippen LogP contribution in [0.1, 0.15) is 33.6 Å². The summed E-state index contributed by atoms with van der Waals surface area (Å²) in [5.41, 5.74) is 5.96. The van der Waals surface area contributed by atoms with Crippen LogP contribution in [0.2, 0.25) is 0 Å². The zero-order chi connectivity index (χ0) is 28.1. The lowest BCUT2D eigenvalue weighted by molar-refractivity contribution is 0.247. The van der Waals surface area contributed by atoms with Crippen molar-refractivity contribution in [2.24, 2.45) is 0 Å². The maximum Gasteiger partial charge on any atom is 0.252 e. The highest BCUT2D eigenvalue weighted by molar-refractivity contribution is 5.83. The molecule has 0 fully saturated rings. The smallest absolute Gasteiger partial charge is 0.252 e. The molecule has 0 spiro atoms. The summed E-state index contributed by atoms with van der Waals surface area (Å²) < 4.78 is 12.7. The largest absolute Gasteiger partial charge is 0.493 e. The molecule has 2 aromatic heterocycles. The molecule has 0 aliphatic carbocycles. The van der Waals surface area contributed by atoms with Crippen molar-refractivity contribution in [3.63, 3.8) is 0 Å². The van der Waals surface area contributed by atoms with E-state index in [1.807, 2.05) is 54.1 Å². The van der Waals surface area contributed by atoms with Crippen molar-refractivity contribution >= 4 is 10.9 Å². The van der Waals surface area contributed by atoms with E-state index in [2.05, 4.69) is 56.6 Å². The lowest BCUT2D eigenvalue weighted by Crippen LogP contribution is -2.30. The number of ether oxygens (including phenoxy) is 2. The van der Waals surface area contributed by atoms with Crippen LogP contribution in [0.5, 0.6) is 11.5 Å². The first-order valence-electron chi connectivity index (χ1n) is 13.3. The second kappa shape index (κ2) is 12.1. The van der Waals surface area contributed by atoms with Gasteiger partial charge in [-0.2, -0.15) is 0 Å². The Morgan fingerprint density at radius 3 is 2.48 bits per heavy atom. The minimum Gasteiger partial charge on any atom is -0.493 e. The summed E-state index contributed by atoms with van der Waals surface area (Å²) in [6.45, 7) is 6.27. The molecule has 0 amide bonds. The van der Waals surface area contributed by atoms with Crippen molar-refractivity contribution in [2.75, 3.05) is 20.8 Å². The second-order valence-corrected chi connectivity index (χ2v) is 9.98. The van der Waals surface area contributed by atoms with Crippen LogP contribution in [0.15, 0.2) is 71.5 Å². The molecule has 0 bridgehead atoms. The summed E-state index contributed by atoms with van der Waals surface area (Å²) in [6.07, 6.45) is 0.740. The maximum atomic E-state index is 13.2. The number of methoxy groups -OCH3 is 2. The Kier molecular flexibility index (Phi) is 8.21. The predicted molar refractivity (Wildman–Crippen MR) is 155 cm³/mol. The zero-order valence-corrected chi connectivity index (χ0v) is 23.3. The molecular formula is C31H34N6O3. The summed E-state index contributed by atoms with van der Waals surface area (Å²) in [6, 6.07) is 22.2. The number of pyridine rings is 1. The highest BCUT2D eigenvalue weighted by Gasteiger charge is 2.17. The minimum atomic E-state index is -0.0822. The Labute approximate surface area is 233 Å². The van der Waals surface area contributed by atoms with Gasteiger partial charge in [-0.25, -0.2) is 4.68 Å². The first-order valence-corrected chi connectivity index (χ1v) is 13.3. The molecule has 5 rings (SSSR count). The van der Waals surface area contributed by atoms with Crippen molar-refractivity contribution in [1.29, 1.82) is 0 Å². The molecule has 9 heteroatoms. The third-order valence-electron chi connectivity index (χ3n) is 7.33. The Morgan fingerprint density at radius 1 is 0.900 bits per heavy atom. The average Bonchev–Trinajstić information content (AvgIpc) is 3.41. The number of aromatic nitrogens is 5. The van der Waals surface area contributed by atoms with Gasteiger partial charge in [-0.05, 0) is 76.5 Å². The van der Waals surface area contributed by atoms with Gasteiger partial charge in [0.2, 0.25) is 0 Å². The van der Waals surface area contributed by atoms with Crippen LogP contribution in [0.4, 0.5) is 0 Å². The van der Waals surface area contributed by atoms with Gasteiger partial charge in [0.05, 0.1) is 32.8 Å². The fourth-order valence-electron chi connectivity index (χ4n) is 4.88. The highest BCUT2D eigenvalue weighted by atomic mass is 16.5. The van der Waals surface area contributed by atoms with E-state index in [0.717, 1.165) is 45.4 Å². The SMILES string of the molecule is COc1ccc(CCN(Cc2cc3ccc(C)c(C)c3[nH]c2=O)Cc2nnnn2Cc2ccccc2)cc1OC. The number of rotatable bonds is 11. The summed E-state index contributed by atoms with van der Waals surface area (Å²) >= 11 is 0. The molecule has 0 unspecified atom stereocenters. The fourth-order valence-corrected chi connectivity index (χ4v) is 4.88. The van der Waals surface area contributed by atoms with Gasteiger partial charge < -0.3 is 14.5 Å². The Hall–Kier alpha value is -4.50. The number of hydrogen-bond acceptors (Lipinski definition) is 7. The molecule has 0 aliphatic heterocycles. The van der Waals surface area contributed by atoms with E-state index in [1.165, 1.54) is 0 Å². The number of aryl methyl sites for hydroxylation is 2. The van der Waals surface area contributed by atoms with Gasteiger partial charge in [0.1, 0.15) is 0 Å². The summed E-state index contributed by atoms with van der Waals surface area (Å²) in [7, 11) is 3.26. The lowest BCUT2D eigenvalue weighted by Gasteiger charge is -2.22. The lowest BCUT2D eigenvalue weighted by atomic mass is 10.0.